The van der Waals surface area contributed by atoms with Gasteiger partial charge in [0.15, 0.2) is 4.91 Å². The highest BCUT2D eigenvalue weighted by atomic mass is 32.2. The van der Waals surface area contributed by atoms with Crippen LogP contribution in [0.3, 0.4) is 0 Å². The van der Waals surface area contributed by atoms with Gasteiger partial charge in [-0.1, -0.05) is 12.1 Å². The summed E-state index contributed by atoms with van der Waals surface area (Å²) in [5.74, 6) is -1.02. The van der Waals surface area contributed by atoms with E-state index in [1.165, 1.54) is 0 Å². The predicted molar refractivity (Wildman–Crippen MR) is 68.4 cm³/mol. The number of hydrogen-bond donors (Lipinski definition) is 0. The monoisotopic (exact) mass is 318 g/mol. The maximum atomic E-state index is 12.5. The largest absolute Gasteiger partial charge is 0.465 e. The fourth-order valence-electron chi connectivity index (χ4n) is 1.80. The van der Waals surface area contributed by atoms with Gasteiger partial charge in [-0.25, -0.2) is 13.2 Å². The maximum Gasteiger partial charge on any atom is 0.416 e. The Kier molecular flexibility index (Phi) is 3.66. The molecule has 1 aromatic carbocycles. The molecule has 1 heterocycles. The van der Waals surface area contributed by atoms with Gasteiger partial charge in [0.2, 0.25) is 9.84 Å². The molecule has 0 N–H and O–H groups in total. The number of carbonyl (C=O) groups is 1. The summed E-state index contributed by atoms with van der Waals surface area (Å²) < 4.78 is 66.0. The third-order valence-electron chi connectivity index (χ3n) is 2.85. The first-order valence-corrected chi connectivity index (χ1v) is 7.09. The van der Waals surface area contributed by atoms with E-state index in [0.29, 0.717) is 0 Å². The topological polar surface area (TPSA) is 60.4 Å². The van der Waals surface area contributed by atoms with Gasteiger partial charge in [-0.15, -0.1) is 0 Å². The molecule has 0 fully saturated rings. The highest BCUT2D eigenvalue weighted by Gasteiger charge is 2.35. The number of rotatable bonds is 2. The van der Waals surface area contributed by atoms with Crippen LogP contribution in [0.1, 0.15) is 11.1 Å². The molecule has 0 saturated carbocycles. The molecule has 0 spiro atoms. The van der Waals surface area contributed by atoms with E-state index in [2.05, 4.69) is 4.74 Å². The van der Waals surface area contributed by atoms with E-state index in [1.807, 2.05) is 0 Å². The molecule has 112 valence electrons. The lowest BCUT2D eigenvalue weighted by Gasteiger charge is -2.09. The van der Waals surface area contributed by atoms with Crippen molar-refractivity contribution in [2.45, 2.75) is 6.18 Å². The standard InChI is InChI=1S/C13H9F3O4S/c1-20-12(17)11-7-6-10(21(11,18)19)8-2-4-9(5-3-8)13(14,15)16/h2-7H,1H3. The lowest BCUT2D eigenvalue weighted by atomic mass is 10.1. The van der Waals surface area contributed by atoms with Gasteiger partial charge in [0.25, 0.3) is 0 Å². The van der Waals surface area contributed by atoms with E-state index in [9.17, 15) is 26.4 Å². The Balaban J connectivity index is 2.36. The van der Waals surface area contributed by atoms with E-state index in [0.717, 1.165) is 43.5 Å². The Labute approximate surface area is 118 Å². The molecule has 0 aromatic heterocycles. The molecule has 1 aromatic rings. The highest BCUT2D eigenvalue weighted by molar-refractivity contribution is 8.05. The first-order chi connectivity index (χ1) is 9.67. The van der Waals surface area contributed by atoms with Crippen LogP contribution in [0.15, 0.2) is 41.3 Å². The number of ether oxygens (including phenoxy) is 1. The molecule has 0 atom stereocenters. The van der Waals surface area contributed by atoms with Crippen molar-refractivity contribution in [1.82, 2.24) is 0 Å². The quantitative estimate of drug-likeness (QED) is 0.786. The normalized spacial score (nSPS) is 17.1. The molecule has 21 heavy (non-hydrogen) atoms. The van der Waals surface area contributed by atoms with Gasteiger partial charge in [0.1, 0.15) is 0 Å². The molecule has 0 bridgehead atoms. The van der Waals surface area contributed by atoms with E-state index >= 15 is 0 Å². The maximum absolute atomic E-state index is 12.5. The molecular formula is C13H9F3O4S. The Bertz CT molecular complexity index is 741. The second kappa shape index (κ2) is 5.03. The van der Waals surface area contributed by atoms with Gasteiger partial charge in [0.05, 0.1) is 17.6 Å². The number of alkyl halides is 3. The summed E-state index contributed by atoms with van der Waals surface area (Å²) in [6.07, 6.45) is -2.28. The molecule has 0 aliphatic carbocycles. The van der Waals surface area contributed by atoms with Crippen LogP contribution < -0.4 is 0 Å². The fourth-order valence-corrected chi connectivity index (χ4v) is 3.28. The van der Waals surface area contributed by atoms with Crippen molar-refractivity contribution in [2.75, 3.05) is 7.11 Å². The van der Waals surface area contributed by atoms with Crippen molar-refractivity contribution < 1.29 is 31.1 Å². The number of esters is 1. The highest BCUT2D eigenvalue weighted by Crippen LogP contribution is 2.35. The number of halogens is 3. The van der Waals surface area contributed by atoms with Crippen LogP contribution in [0.2, 0.25) is 0 Å². The van der Waals surface area contributed by atoms with Crippen LogP contribution in [0, 0.1) is 0 Å². The third-order valence-corrected chi connectivity index (χ3v) is 4.68. The van der Waals surface area contributed by atoms with Gasteiger partial charge >= 0.3 is 12.1 Å². The molecule has 4 nitrogen and oxygen atoms in total. The molecular weight excluding hydrogens is 309 g/mol. The molecule has 0 saturated heterocycles. The van der Waals surface area contributed by atoms with Crippen LogP contribution >= 0.6 is 0 Å². The van der Waals surface area contributed by atoms with Crippen molar-refractivity contribution in [2.24, 2.45) is 0 Å². The van der Waals surface area contributed by atoms with Crippen molar-refractivity contribution in [3.8, 4) is 0 Å². The summed E-state index contributed by atoms with van der Waals surface area (Å²) in [6, 6.07) is 3.64. The Morgan fingerprint density at radius 1 is 1.10 bits per heavy atom. The zero-order valence-electron chi connectivity index (χ0n) is 10.6. The average Bonchev–Trinajstić information content (AvgIpc) is 2.72. The minimum absolute atomic E-state index is 0.0677. The van der Waals surface area contributed by atoms with Gasteiger partial charge in [0, 0.05) is 0 Å². The van der Waals surface area contributed by atoms with Crippen LogP contribution in [0.4, 0.5) is 13.2 Å². The zero-order chi connectivity index (χ0) is 15.8. The fraction of sp³-hybridized carbons (Fsp3) is 0.154. The minimum atomic E-state index is -4.50. The lowest BCUT2D eigenvalue weighted by Crippen LogP contribution is -2.13. The number of methoxy groups -OCH3 is 1. The van der Waals surface area contributed by atoms with Gasteiger partial charge < -0.3 is 4.74 Å². The Morgan fingerprint density at radius 2 is 1.67 bits per heavy atom. The Hall–Kier alpha value is -2.09. The van der Waals surface area contributed by atoms with E-state index in [4.69, 9.17) is 0 Å². The van der Waals surface area contributed by atoms with E-state index < -0.39 is 32.5 Å². The summed E-state index contributed by atoms with van der Waals surface area (Å²) in [4.78, 5) is 10.6. The second-order valence-corrected chi connectivity index (χ2v) is 6.02. The first kappa shape index (κ1) is 15.3. The van der Waals surface area contributed by atoms with Crippen molar-refractivity contribution in [3.05, 3.63) is 52.4 Å². The van der Waals surface area contributed by atoms with E-state index in [-0.39, 0.29) is 10.5 Å². The SMILES string of the molecule is COC(=O)C1=CC=C(c2ccc(C(F)(F)F)cc2)S1(=O)=O. The molecule has 0 unspecified atom stereocenters. The summed E-state index contributed by atoms with van der Waals surface area (Å²) >= 11 is 0. The lowest BCUT2D eigenvalue weighted by molar-refractivity contribution is -0.137. The van der Waals surface area contributed by atoms with Crippen molar-refractivity contribution in [3.63, 3.8) is 0 Å². The summed E-state index contributed by atoms with van der Waals surface area (Å²) in [5.41, 5.74) is -0.818. The number of sulfone groups is 1. The van der Waals surface area contributed by atoms with Crippen molar-refractivity contribution >= 4 is 20.7 Å². The van der Waals surface area contributed by atoms with Crippen molar-refractivity contribution in [1.29, 1.82) is 0 Å². The summed E-state index contributed by atoms with van der Waals surface area (Å²) in [5, 5.41) is 0. The average molecular weight is 318 g/mol. The minimum Gasteiger partial charge on any atom is -0.465 e. The molecule has 0 radical (unpaired) electrons. The van der Waals surface area contributed by atoms with Crippen LogP contribution in [0.5, 0.6) is 0 Å². The van der Waals surface area contributed by atoms with Gasteiger partial charge in [-0.05, 0) is 29.8 Å². The molecule has 2 rings (SSSR count). The second-order valence-electron chi connectivity index (χ2n) is 4.13. The smallest absolute Gasteiger partial charge is 0.416 e. The predicted octanol–water partition coefficient (Wildman–Crippen LogP) is 2.53. The molecule has 0 amide bonds. The number of hydrogen-bond acceptors (Lipinski definition) is 4. The number of benzene rings is 1. The zero-order valence-corrected chi connectivity index (χ0v) is 11.5. The van der Waals surface area contributed by atoms with Crippen LogP contribution in [-0.2, 0) is 25.5 Å². The van der Waals surface area contributed by atoms with Gasteiger partial charge in [-0.2, -0.15) is 13.2 Å². The Morgan fingerprint density at radius 3 is 2.14 bits per heavy atom. The van der Waals surface area contributed by atoms with Gasteiger partial charge in [-0.3, -0.25) is 0 Å². The summed E-state index contributed by atoms with van der Waals surface area (Å²) in [6.45, 7) is 0. The summed E-state index contributed by atoms with van der Waals surface area (Å²) in [7, 11) is -3.04. The third kappa shape index (κ3) is 2.71. The van der Waals surface area contributed by atoms with Crippen LogP contribution in [0.25, 0.3) is 4.91 Å². The molecule has 1 aliphatic heterocycles. The number of carbonyl (C=O) groups excluding carboxylic acids is 1. The van der Waals surface area contributed by atoms with Crippen LogP contribution in [-0.4, -0.2) is 21.5 Å². The number of allylic oxidation sites excluding steroid dienone is 2. The molecule has 8 heteroatoms. The molecule has 1 aliphatic rings. The first-order valence-electron chi connectivity index (χ1n) is 5.61. The van der Waals surface area contributed by atoms with E-state index in [1.54, 1.807) is 0 Å².